The summed E-state index contributed by atoms with van der Waals surface area (Å²) in [6.07, 6.45) is 5.04. The molecule has 36 heavy (non-hydrogen) atoms. The van der Waals surface area contributed by atoms with Crippen LogP contribution in [0.15, 0.2) is 79.1 Å². The van der Waals surface area contributed by atoms with E-state index in [9.17, 15) is 9.59 Å². The molecule has 0 bridgehead atoms. The number of benzene rings is 3. The standard InChI is InChI=1S/C31H31N3O2/c1-21(2)23-8-6-22(7-9-23)12-16-33-30(35)25-10-11-27-20-34(17-14-24(27)18-25)31(36)29-5-3-4-26-19-32-15-13-28(26)29/h3-11,13,15,18-19,21H,12,14,16-17,20H2,1-2H3,(H,33,35). The Labute approximate surface area is 212 Å². The largest absolute Gasteiger partial charge is 0.352 e. The van der Waals surface area contributed by atoms with Crippen molar-refractivity contribution < 1.29 is 9.59 Å². The van der Waals surface area contributed by atoms with Crippen molar-refractivity contribution in [2.45, 2.75) is 39.2 Å². The maximum Gasteiger partial charge on any atom is 0.254 e. The number of hydrogen-bond donors (Lipinski definition) is 1. The minimum Gasteiger partial charge on any atom is -0.352 e. The Hall–Kier alpha value is -3.99. The second-order valence-electron chi connectivity index (χ2n) is 9.76. The second kappa shape index (κ2) is 10.3. The third-order valence-corrected chi connectivity index (χ3v) is 7.02. The molecule has 1 aliphatic heterocycles. The summed E-state index contributed by atoms with van der Waals surface area (Å²) in [5.74, 6) is 0.490. The summed E-state index contributed by atoms with van der Waals surface area (Å²) >= 11 is 0. The lowest BCUT2D eigenvalue weighted by molar-refractivity contribution is 0.0736. The van der Waals surface area contributed by atoms with Crippen LogP contribution < -0.4 is 5.32 Å². The van der Waals surface area contributed by atoms with Gasteiger partial charge in [0.2, 0.25) is 0 Å². The lowest BCUT2D eigenvalue weighted by atomic mass is 9.96. The number of aromatic nitrogens is 1. The third kappa shape index (κ3) is 5.01. The summed E-state index contributed by atoms with van der Waals surface area (Å²) in [4.78, 5) is 32.1. The molecule has 2 amide bonds. The third-order valence-electron chi connectivity index (χ3n) is 7.02. The first-order valence-electron chi connectivity index (χ1n) is 12.6. The minimum atomic E-state index is -0.0560. The predicted molar refractivity (Wildman–Crippen MR) is 143 cm³/mol. The van der Waals surface area contributed by atoms with Crippen molar-refractivity contribution in [3.8, 4) is 0 Å². The maximum absolute atomic E-state index is 13.3. The number of nitrogens with one attached hydrogen (secondary N) is 1. The SMILES string of the molecule is CC(C)c1ccc(CCNC(=O)c2ccc3c(c2)CCN(C(=O)c2cccc4cnccc24)C3)cc1. The van der Waals surface area contributed by atoms with Gasteiger partial charge in [0.1, 0.15) is 0 Å². The number of fused-ring (bicyclic) bond motifs is 2. The Balaban J connectivity index is 1.21. The van der Waals surface area contributed by atoms with Gasteiger partial charge in [-0.3, -0.25) is 14.6 Å². The molecule has 0 spiro atoms. The van der Waals surface area contributed by atoms with Gasteiger partial charge in [0, 0.05) is 48.5 Å². The van der Waals surface area contributed by atoms with Crippen LogP contribution in [-0.2, 0) is 19.4 Å². The molecule has 1 aliphatic rings. The molecule has 182 valence electrons. The molecular weight excluding hydrogens is 446 g/mol. The summed E-state index contributed by atoms with van der Waals surface area (Å²) < 4.78 is 0. The number of carbonyl (C=O) groups is 2. The van der Waals surface area contributed by atoms with E-state index in [1.165, 1.54) is 11.1 Å². The molecule has 0 atom stereocenters. The number of pyridine rings is 1. The first kappa shape index (κ1) is 23.7. The summed E-state index contributed by atoms with van der Waals surface area (Å²) in [7, 11) is 0. The van der Waals surface area contributed by atoms with Crippen LogP contribution in [0, 0.1) is 0 Å². The van der Waals surface area contributed by atoms with Crippen molar-refractivity contribution in [3.63, 3.8) is 0 Å². The molecule has 5 nitrogen and oxygen atoms in total. The van der Waals surface area contributed by atoms with Crippen molar-refractivity contribution in [2.75, 3.05) is 13.1 Å². The van der Waals surface area contributed by atoms with Gasteiger partial charge < -0.3 is 10.2 Å². The Morgan fingerprint density at radius 2 is 1.83 bits per heavy atom. The molecule has 0 saturated carbocycles. The van der Waals surface area contributed by atoms with Gasteiger partial charge in [0.25, 0.3) is 11.8 Å². The van der Waals surface area contributed by atoms with E-state index < -0.39 is 0 Å². The summed E-state index contributed by atoms with van der Waals surface area (Å²) in [5.41, 5.74) is 6.15. The molecule has 0 aliphatic carbocycles. The average molecular weight is 478 g/mol. The van der Waals surface area contributed by atoms with E-state index >= 15 is 0 Å². The van der Waals surface area contributed by atoms with Gasteiger partial charge in [-0.1, -0.05) is 56.3 Å². The van der Waals surface area contributed by atoms with Crippen LogP contribution in [0.5, 0.6) is 0 Å². The Bertz CT molecular complexity index is 1400. The van der Waals surface area contributed by atoms with Gasteiger partial charge in [-0.05, 0) is 70.7 Å². The Kier molecular flexibility index (Phi) is 6.81. The van der Waals surface area contributed by atoms with Gasteiger partial charge in [0.15, 0.2) is 0 Å². The molecule has 0 saturated heterocycles. The van der Waals surface area contributed by atoms with E-state index in [-0.39, 0.29) is 11.8 Å². The van der Waals surface area contributed by atoms with E-state index in [1.54, 1.807) is 12.4 Å². The van der Waals surface area contributed by atoms with Crippen molar-refractivity contribution >= 4 is 22.6 Å². The predicted octanol–water partition coefficient (Wildman–Crippen LogP) is 5.53. The lowest BCUT2D eigenvalue weighted by Crippen LogP contribution is -2.36. The van der Waals surface area contributed by atoms with Crippen molar-refractivity contribution in [1.29, 1.82) is 0 Å². The summed E-state index contributed by atoms with van der Waals surface area (Å²) in [6, 6.07) is 22.1. The van der Waals surface area contributed by atoms with Crippen LogP contribution in [0.2, 0.25) is 0 Å². The number of carbonyl (C=O) groups excluding carboxylic acids is 2. The molecule has 0 fully saturated rings. The van der Waals surface area contributed by atoms with Gasteiger partial charge in [-0.2, -0.15) is 0 Å². The molecule has 0 radical (unpaired) electrons. The normalized spacial score (nSPS) is 13.0. The number of amides is 2. The van der Waals surface area contributed by atoms with Crippen molar-refractivity contribution in [2.24, 2.45) is 0 Å². The lowest BCUT2D eigenvalue weighted by Gasteiger charge is -2.29. The van der Waals surface area contributed by atoms with Gasteiger partial charge >= 0.3 is 0 Å². The van der Waals surface area contributed by atoms with Gasteiger partial charge in [0.05, 0.1) is 0 Å². The van der Waals surface area contributed by atoms with Crippen molar-refractivity contribution in [1.82, 2.24) is 15.2 Å². The van der Waals surface area contributed by atoms with Crippen LogP contribution >= 0.6 is 0 Å². The molecule has 1 aromatic heterocycles. The molecule has 0 unspecified atom stereocenters. The van der Waals surface area contributed by atoms with E-state index in [4.69, 9.17) is 0 Å². The molecule has 3 aromatic carbocycles. The quantitative estimate of drug-likeness (QED) is 0.397. The summed E-state index contributed by atoms with van der Waals surface area (Å²) in [5, 5.41) is 4.93. The molecule has 5 rings (SSSR count). The van der Waals surface area contributed by atoms with E-state index in [1.807, 2.05) is 47.4 Å². The fourth-order valence-electron chi connectivity index (χ4n) is 4.84. The zero-order chi connectivity index (χ0) is 25.1. The molecule has 5 heteroatoms. The first-order valence-corrected chi connectivity index (χ1v) is 12.6. The summed E-state index contributed by atoms with van der Waals surface area (Å²) in [6.45, 7) is 6.15. The van der Waals surface area contributed by atoms with E-state index in [2.05, 4.69) is 48.4 Å². The average Bonchev–Trinajstić information content (AvgIpc) is 2.92. The van der Waals surface area contributed by atoms with Gasteiger partial charge in [-0.15, -0.1) is 0 Å². The van der Waals surface area contributed by atoms with E-state index in [0.717, 1.165) is 34.7 Å². The topological polar surface area (TPSA) is 62.3 Å². The van der Waals surface area contributed by atoms with Crippen LogP contribution in [0.4, 0.5) is 0 Å². The van der Waals surface area contributed by atoms with Crippen LogP contribution in [0.25, 0.3) is 10.8 Å². The number of rotatable bonds is 6. The fraction of sp³-hybridized carbons (Fsp3) is 0.258. The zero-order valence-electron chi connectivity index (χ0n) is 20.8. The minimum absolute atomic E-state index is 0.0284. The monoisotopic (exact) mass is 477 g/mol. The highest BCUT2D eigenvalue weighted by Crippen LogP contribution is 2.25. The van der Waals surface area contributed by atoms with Crippen LogP contribution in [0.1, 0.15) is 62.7 Å². The van der Waals surface area contributed by atoms with E-state index in [0.29, 0.717) is 36.7 Å². The highest BCUT2D eigenvalue weighted by molar-refractivity contribution is 6.06. The first-order chi connectivity index (χ1) is 17.5. The van der Waals surface area contributed by atoms with Gasteiger partial charge in [-0.25, -0.2) is 0 Å². The molecule has 1 N–H and O–H groups in total. The fourth-order valence-corrected chi connectivity index (χ4v) is 4.84. The highest BCUT2D eigenvalue weighted by Gasteiger charge is 2.23. The molecule has 4 aromatic rings. The Morgan fingerprint density at radius 1 is 1.00 bits per heavy atom. The van der Waals surface area contributed by atoms with Crippen molar-refractivity contribution in [3.05, 3.63) is 113 Å². The number of nitrogens with zero attached hydrogens (tertiary/aromatic N) is 2. The zero-order valence-corrected chi connectivity index (χ0v) is 20.8. The van der Waals surface area contributed by atoms with Crippen LogP contribution in [-0.4, -0.2) is 34.8 Å². The Morgan fingerprint density at radius 3 is 2.64 bits per heavy atom. The highest BCUT2D eigenvalue weighted by atomic mass is 16.2. The smallest absolute Gasteiger partial charge is 0.254 e. The number of hydrogen-bond acceptors (Lipinski definition) is 3. The maximum atomic E-state index is 13.3. The molecule has 2 heterocycles. The molecular formula is C31H31N3O2. The van der Waals surface area contributed by atoms with Crippen LogP contribution in [0.3, 0.4) is 0 Å². The second-order valence-corrected chi connectivity index (χ2v) is 9.76.